The summed E-state index contributed by atoms with van der Waals surface area (Å²) in [5.74, 6) is 0.919. The van der Waals surface area contributed by atoms with Gasteiger partial charge in [0.1, 0.15) is 5.75 Å². The van der Waals surface area contributed by atoms with Crippen LogP contribution in [0.1, 0.15) is 38.8 Å². The Labute approximate surface area is 127 Å². The van der Waals surface area contributed by atoms with Gasteiger partial charge in [0.05, 0.1) is 18.7 Å². The van der Waals surface area contributed by atoms with Crippen LogP contribution in [-0.4, -0.2) is 22.4 Å². The molecule has 0 fully saturated rings. The minimum Gasteiger partial charge on any atom is -0.491 e. The first-order valence-electron chi connectivity index (χ1n) is 7.66. The van der Waals surface area contributed by atoms with E-state index in [1.165, 1.54) is 5.56 Å². The summed E-state index contributed by atoms with van der Waals surface area (Å²) in [6.07, 6.45) is 5.13. The monoisotopic (exact) mass is 287 g/mol. The molecule has 0 spiro atoms. The number of nitrogens with zero attached hydrogens (tertiary/aromatic N) is 2. The van der Waals surface area contributed by atoms with Crippen LogP contribution >= 0.6 is 0 Å². The van der Waals surface area contributed by atoms with E-state index < -0.39 is 0 Å². The third-order valence-corrected chi connectivity index (χ3v) is 3.22. The van der Waals surface area contributed by atoms with Crippen molar-refractivity contribution in [1.29, 1.82) is 0 Å². The van der Waals surface area contributed by atoms with Crippen molar-refractivity contribution in [2.24, 2.45) is 0 Å². The molecule has 0 radical (unpaired) electrons. The van der Waals surface area contributed by atoms with Gasteiger partial charge < -0.3 is 10.1 Å². The van der Waals surface area contributed by atoms with E-state index in [0.717, 1.165) is 25.3 Å². The van der Waals surface area contributed by atoms with Crippen molar-refractivity contribution in [3.8, 4) is 5.75 Å². The fraction of sp³-hybridized carbons (Fsp3) is 0.471. The highest BCUT2D eigenvalue weighted by Gasteiger charge is 2.12. The van der Waals surface area contributed by atoms with Crippen molar-refractivity contribution in [3.05, 3.63) is 48.3 Å². The summed E-state index contributed by atoms with van der Waals surface area (Å²) in [6, 6.07) is 10.6. The first-order valence-corrected chi connectivity index (χ1v) is 7.66. The fourth-order valence-corrected chi connectivity index (χ4v) is 2.25. The summed E-state index contributed by atoms with van der Waals surface area (Å²) >= 11 is 0. The number of aromatic nitrogens is 2. The predicted octanol–water partition coefficient (Wildman–Crippen LogP) is 3.41. The maximum Gasteiger partial charge on any atom is 0.119 e. The molecule has 4 nitrogen and oxygen atoms in total. The van der Waals surface area contributed by atoms with Gasteiger partial charge >= 0.3 is 0 Å². The van der Waals surface area contributed by atoms with E-state index >= 15 is 0 Å². The molecule has 1 N–H and O–H groups in total. The van der Waals surface area contributed by atoms with Gasteiger partial charge in [-0.05, 0) is 50.6 Å². The maximum absolute atomic E-state index is 5.70. The second-order valence-electron chi connectivity index (χ2n) is 5.47. The lowest BCUT2D eigenvalue weighted by atomic mass is 10.1. The number of ether oxygens (including phenoxy) is 1. The lowest BCUT2D eigenvalue weighted by Crippen LogP contribution is -2.26. The van der Waals surface area contributed by atoms with Crippen LogP contribution < -0.4 is 10.1 Å². The molecule has 1 aromatic carbocycles. The molecule has 0 aliphatic heterocycles. The van der Waals surface area contributed by atoms with Crippen molar-refractivity contribution < 1.29 is 4.74 Å². The van der Waals surface area contributed by atoms with E-state index in [1.807, 2.05) is 49.1 Å². The number of hydrogen-bond acceptors (Lipinski definition) is 3. The average molecular weight is 287 g/mol. The molecule has 114 valence electrons. The highest BCUT2D eigenvalue weighted by atomic mass is 16.5. The normalized spacial score (nSPS) is 12.6. The number of hydrogen-bond donors (Lipinski definition) is 1. The van der Waals surface area contributed by atoms with Gasteiger partial charge in [-0.3, -0.25) is 4.68 Å². The van der Waals surface area contributed by atoms with E-state index in [4.69, 9.17) is 4.74 Å². The van der Waals surface area contributed by atoms with Crippen LogP contribution in [0.15, 0.2) is 42.7 Å². The third kappa shape index (κ3) is 4.90. The maximum atomic E-state index is 5.70. The van der Waals surface area contributed by atoms with Crippen LogP contribution in [-0.2, 0) is 6.54 Å². The molecule has 0 saturated carbocycles. The van der Waals surface area contributed by atoms with Gasteiger partial charge in [0.25, 0.3) is 0 Å². The molecule has 0 aliphatic rings. The molecule has 1 unspecified atom stereocenters. The first-order chi connectivity index (χ1) is 10.2. The molecular weight excluding hydrogens is 262 g/mol. The number of nitrogens with one attached hydrogen (secondary N) is 1. The summed E-state index contributed by atoms with van der Waals surface area (Å²) in [5, 5.41) is 7.88. The summed E-state index contributed by atoms with van der Waals surface area (Å²) < 4.78 is 7.66. The first kappa shape index (κ1) is 15.6. The van der Waals surface area contributed by atoms with Gasteiger partial charge in [-0.2, -0.15) is 5.10 Å². The van der Waals surface area contributed by atoms with Crippen molar-refractivity contribution in [3.63, 3.8) is 0 Å². The van der Waals surface area contributed by atoms with Crippen LogP contribution in [0.5, 0.6) is 5.75 Å². The van der Waals surface area contributed by atoms with Crippen molar-refractivity contribution in [2.45, 2.75) is 45.9 Å². The second-order valence-corrected chi connectivity index (χ2v) is 5.47. The molecule has 0 saturated heterocycles. The predicted molar refractivity (Wildman–Crippen MR) is 85.5 cm³/mol. The highest BCUT2D eigenvalue weighted by molar-refractivity contribution is 5.29. The molecular formula is C17H25N3O. The summed E-state index contributed by atoms with van der Waals surface area (Å²) in [6.45, 7) is 8.08. The smallest absolute Gasteiger partial charge is 0.119 e. The zero-order valence-electron chi connectivity index (χ0n) is 13.1. The Balaban J connectivity index is 2.08. The van der Waals surface area contributed by atoms with Gasteiger partial charge in [0.15, 0.2) is 0 Å². The molecule has 0 aliphatic carbocycles. The summed E-state index contributed by atoms with van der Waals surface area (Å²) in [5.41, 5.74) is 1.26. The molecule has 0 amide bonds. The van der Waals surface area contributed by atoms with E-state index in [0.29, 0.717) is 0 Å². The Bertz CT molecular complexity index is 505. The lowest BCUT2D eigenvalue weighted by Gasteiger charge is -2.20. The lowest BCUT2D eigenvalue weighted by molar-refractivity contribution is 0.242. The molecule has 2 aromatic rings. The van der Waals surface area contributed by atoms with Crippen LogP contribution in [0.3, 0.4) is 0 Å². The second kappa shape index (κ2) is 7.84. The number of rotatable bonds is 8. The zero-order chi connectivity index (χ0) is 15.1. The molecule has 4 heteroatoms. The quantitative estimate of drug-likeness (QED) is 0.808. The van der Waals surface area contributed by atoms with E-state index in [9.17, 15) is 0 Å². The molecule has 1 aromatic heterocycles. The molecule has 21 heavy (non-hydrogen) atoms. The zero-order valence-corrected chi connectivity index (χ0v) is 13.1. The van der Waals surface area contributed by atoms with E-state index in [2.05, 4.69) is 29.5 Å². The van der Waals surface area contributed by atoms with Gasteiger partial charge in [-0.25, -0.2) is 0 Å². The fourth-order valence-electron chi connectivity index (χ4n) is 2.25. The Morgan fingerprint density at radius 3 is 2.57 bits per heavy atom. The van der Waals surface area contributed by atoms with Crippen LogP contribution in [0.25, 0.3) is 0 Å². The van der Waals surface area contributed by atoms with Crippen LogP contribution in [0.4, 0.5) is 0 Å². The average Bonchev–Trinajstić information content (AvgIpc) is 2.97. The standard InChI is InChI=1S/C17H25N3O/c1-4-10-18-17(13-20-12-5-11-19-20)15-6-8-16(9-7-15)21-14(2)3/h5-9,11-12,14,17-18H,4,10,13H2,1-3H3. The van der Waals surface area contributed by atoms with Gasteiger partial charge in [-0.15, -0.1) is 0 Å². The largest absolute Gasteiger partial charge is 0.491 e. The van der Waals surface area contributed by atoms with E-state index in [-0.39, 0.29) is 12.1 Å². The van der Waals surface area contributed by atoms with Crippen molar-refractivity contribution in [2.75, 3.05) is 6.54 Å². The minimum absolute atomic E-state index is 0.203. The van der Waals surface area contributed by atoms with Gasteiger partial charge in [-0.1, -0.05) is 19.1 Å². The Kier molecular flexibility index (Phi) is 5.81. The van der Waals surface area contributed by atoms with Crippen molar-refractivity contribution >= 4 is 0 Å². The molecule has 0 bridgehead atoms. The minimum atomic E-state index is 0.203. The molecule has 2 rings (SSSR count). The summed E-state index contributed by atoms with van der Waals surface area (Å²) in [4.78, 5) is 0. The van der Waals surface area contributed by atoms with Crippen molar-refractivity contribution in [1.82, 2.24) is 15.1 Å². The molecule has 1 atom stereocenters. The third-order valence-electron chi connectivity index (χ3n) is 3.22. The van der Waals surface area contributed by atoms with Gasteiger partial charge in [0, 0.05) is 12.4 Å². The Morgan fingerprint density at radius 1 is 1.24 bits per heavy atom. The Morgan fingerprint density at radius 2 is 2.00 bits per heavy atom. The van der Waals surface area contributed by atoms with Crippen LogP contribution in [0, 0.1) is 0 Å². The SMILES string of the molecule is CCCNC(Cn1cccn1)c1ccc(OC(C)C)cc1. The van der Waals surface area contributed by atoms with E-state index in [1.54, 1.807) is 0 Å². The Hall–Kier alpha value is -1.81. The summed E-state index contributed by atoms with van der Waals surface area (Å²) in [7, 11) is 0. The van der Waals surface area contributed by atoms with Gasteiger partial charge in [0.2, 0.25) is 0 Å². The highest BCUT2D eigenvalue weighted by Crippen LogP contribution is 2.20. The number of benzene rings is 1. The molecule has 1 heterocycles. The topological polar surface area (TPSA) is 39.1 Å². The van der Waals surface area contributed by atoms with Crippen LogP contribution in [0.2, 0.25) is 0 Å².